The average molecular weight is 1070 g/mol. The lowest BCUT2D eigenvalue weighted by molar-refractivity contribution is -0.112. The zero-order valence-corrected chi connectivity index (χ0v) is 46.1. The molecule has 0 fully saturated rings. The molecule has 8 aromatic rings. The lowest BCUT2D eigenvalue weighted by Crippen LogP contribution is -2.29. The number of anilines is 4. The first kappa shape index (κ1) is 57.7. The summed E-state index contributed by atoms with van der Waals surface area (Å²) in [5, 5.41) is 2.41. The number of aryl methyl sites for hydroxylation is 2. The fraction of sp³-hybridized carbons (Fsp3) is 0.286. The number of para-hydroxylation sites is 4. The number of allylic oxidation sites excluding steroid dienone is 1. The molecule has 0 unspecified atom stereocenters. The van der Waals surface area contributed by atoms with Crippen molar-refractivity contribution in [1.82, 2.24) is 48.0 Å². The number of likely N-dealkylation sites (N-methyl/N-ethyl adjacent to an activating group) is 4. The van der Waals surface area contributed by atoms with Crippen LogP contribution < -0.4 is 41.7 Å². The topological polar surface area (TPSA) is 209 Å². The Morgan fingerprint density at radius 1 is 0.636 bits per heavy atom. The van der Waals surface area contributed by atoms with E-state index in [9.17, 15) is 19.2 Å². The maximum atomic E-state index is 13.0. The van der Waals surface area contributed by atoms with Crippen LogP contribution >= 0.6 is 11.6 Å². The Morgan fingerprint density at radius 2 is 1.05 bits per heavy atom. The molecule has 77 heavy (non-hydrogen) atoms. The summed E-state index contributed by atoms with van der Waals surface area (Å²) in [5.74, 6) is 3.15. The number of hydrogen-bond donors (Lipinski definition) is 2. The molecule has 21 heteroatoms. The normalized spacial score (nSPS) is 10.9. The predicted molar refractivity (Wildman–Crippen MR) is 308 cm³/mol. The number of rotatable bonds is 19. The van der Waals surface area contributed by atoms with Gasteiger partial charge in [-0.3, -0.25) is 18.7 Å². The summed E-state index contributed by atoms with van der Waals surface area (Å²) in [6.45, 7) is 9.99. The zero-order valence-electron chi connectivity index (χ0n) is 45.3. The van der Waals surface area contributed by atoms with Gasteiger partial charge in [0.05, 0.1) is 59.0 Å². The predicted octanol–water partition coefficient (Wildman–Crippen LogP) is 6.08. The molecule has 4 aromatic heterocycles. The standard InChI is InChI=1S/C28H33N7O3.C25H31N7O2.C3H3ClO/c1-7-27(36)30-20-16-19(24(38-6)18-23(20)33(4)15-14-32(2)3)17-25-29-13-12-26(31-25)35-22-11-9-8-10-21(22)34(5)28(35)37;1-29(2)12-13-30(3)21-16-22(34-5)17(14-18(21)26)15-23-27-11-10-24(28-23)32-20-9-7-6-8-19(20)31(4)25(32)33;1-2-3(4)5/h7-13,16,18H,1,14-15,17H2,2-6H3,(H,30,36);6-11,14,16H,12-13,15,26H2,1-5H3;2H,1H2. The Morgan fingerprint density at radius 3 is 1.47 bits per heavy atom. The van der Waals surface area contributed by atoms with Gasteiger partial charge < -0.3 is 40.1 Å². The third-order valence-electron chi connectivity index (χ3n) is 12.5. The molecule has 3 N–H and O–H groups in total. The number of aromatic nitrogens is 8. The smallest absolute Gasteiger partial charge is 0.334 e. The Balaban J connectivity index is 0.000000230. The van der Waals surface area contributed by atoms with E-state index >= 15 is 0 Å². The number of hydrogen-bond acceptors (Lipinski definition) is 15. The third kappa shape index (κ3) is 14.0. The molecule has 20 nitrogen and oxygen atoms in total. The molecular weight excluding hydrogens is 1000 g/mol. The number of nitrogens with zero attached hydrogens (tertiary/aromatic N) is 12. The highest BCUT2D eigenvalue weighted by molar-refractivity contribution is 6.66. The molecule has 0 atom stereocenters. The van der Waals surface area contributed by atoms with Crippen molar-refractivity contribution in [2.24, 2.45) is 14.1 Å². The van der Waals surface area contributed by atoms with E-state index in [4.69, 9.17) is 36.8 Å². The van der Waals surface area contributed by atoms with Gasteiger partial charge >= 0.3 is 11.4 Å². The fourth-order valence-corrected chi connectivity index (χ4v) is 8.34. The Labute approximate surface area is 452 Å². The molecule has 0 bridgehead atoms. The summed E-state index contributed by atoms with van der Waals surface area (Å²) in [5.41, 5.74) is 14.0. The van der Waals surface area contributed by atoms with Crippen molar-refractivity contribution in [2.45, 2.75) is 12.8 Å². The van der Waals surface area contributed by atoms with Crippen LogP contribution in [0.15, 0.2) is 132 Å². The van der Waals surface area contributed by atoms with Crippen molar-refractivity contribution in [3.8, 4) is 23.1 Å². The lowest BCUT2D eigenvalue weighted by Gasteiger charge is -2.25. The van der Waals surface area contributed by atoms with Gasteiger partial charge in [-0.2, -0.15) is 0 Å². The number of fused-ring (bicyclic) bond motifs is 2. The van der Waals surface area contributed by atoms with E-state index in [1.807, 2.05) is 115 Å². The van der Waals surface area contributed by atoms with Crippen LogP contribution in [0.5, 0.6) is 11.5 Å². The summed E-state index contributed by atoms with van der Waals surface area (Å²) < 4.78 is 17.8. The van der Waals surface area contributed by atoms with E-state index in [0.29, 0.717) is 53.3 Å². The molecule has 0 saturated carbocycles. The largest absolute Gasteiger partial charge is 0.496 e. The summed E-state index contributed by atoms with van der Waals surface area (Å²) in [6, 6.07) is 26.3. The van der Waals surface area contributed by atoms with Gasteiger partial charge in [-0.25, -0.2) is 38.7 Å². The number of carbonyl (C=O) groups excluding carboxylic acids is 2. The minimum Gasteiger partial charge on any atom is -0.496 e. The maximum absolute atomic E-state index is 13.0. The van der Waals surface area contributed by atoms with Crippen molar-refractivity contribution in [3.05, 3.63) is 166 Å². The average Bonchev–Trinajstić information content (AvgIpc) is 3.83. The number of nitrogens with one attached hydrogen (secondary N) is 1. The third-order valence-corrected chi connectivity index (χ3v) is 12.6. The molecule has 0 aliphatic heterocycles. The number of nitrogen functional groups attached to an aromatic ring is 1. The first-order valence-electron chi connectivity index (χ1n) is 24.4. The van der Waals surface area contributed by atoms with Crippen molar-refractivity contribution >= 4 is 67.6 Å². The number of nitrogens with two attached hydrogens (primary N) is 1. The van der Waals surface area contributed by atoms with Crippen LogP contribution in [0.25, 0.3) is 33.7 Å². The summed E-state index contributed by atoms with van der Waals surface area (Å²) >= 11 is 4.71. The first-order valence-corrected chi connectivity index (χ1v) is 24.8. The van der Waals surface area contributed by atoms with Gasteiger partial charge in [-0.1, -0.05) is 37.4 Å². The minimum atomic E-state index is -0.509. The SMILES string of the molecule is C=CC(=O)Cl.C=CC(=O)Nc1cc(Cc2nccc(-n3c(=O)n(C)c4ccccc43)n2)c(OC)cc1N(C)CCN(C)C.COc1cc(N(C)CCN(C)C)c(N)cc1Cc1nccc(-n2c(=O)n(C)c3ccccc32)n1. The number of halogens is 1. The van der Waals surface area contributed by atoms with E-state index < -0.39 is 5.24 Å². The number of benzene rings is 4. The molecule has 4 heterocycles. The van der Waals surface area contributed by atoms with Crippen LogP contribution in [0.3, 0.4) is 0 Å². The van der Waals surface area contributed by atoms with E-state index in [0.717, 1.165) is 82.6 Å². The molecule has 0 aliphatic carbocycles. The highest BCUT2D eigenvalue weighted by Gasteiger charge is 2.20. The number of methoxy groups -OCH3 is 2. The molecule has 8 rings (SSSR count). The van der Waals surface area contributed by atoms with Crippen molar-refractivity contribution in [1.29, 1.82) is 0 Å². The van der Waals surface area contributed by atoms with Crippen molar-refractivity contribution < 1.29 is 19.1 Å². The lowest BCUT2D eigenvalue weighted by atomic mass is 10.1. The first-order chi connectivity index (χ1) is 36.8. The molecule has 1 amide bonds. The van der Waals surface area contributed by atoms with Gasteiger partial charge in [0.15, 0.2) is 0 Å². The molecular formula is C56H67ClN14O6. The van der Waals surface area contributed by atoms with E-state index in [2.05, 4.69) is 48.0 Å². The van der Waals surface area contributed by atoms with E-state index in [-0.39, 0.29) is 17.3 Å². The second-order valence-electron chi connectivity index (χ2n) is 18.4. The number of imidazole rings is 2. The zero-order chi connectivity index (χ0) is 56.1. The second kappa shape index (κ2) is 26.3. The Bertz CT molecular complexity index is 3530. The van der Waals surface area contributed by atoms with Gasteiger partial charge in [0.25, 0.3) is 0 Å². The van der Waals surface area contributed by atoms with Crippen molar-refractivity contribution in [3.63, 3.8) is 0 Å². The molecule has 0 radical (unpaired) electrons. The highest BCUT2D eigenvalue weighted by atomic mass is 35.5. The van der Waals surface area contributed by atoms with Gasteiger partial charge in [-0.05, 0) is 100 Å². The monoisotopic (exact) mass is 1070 g/mol. The molecule has 0 aliphatic rings. The number of ether oxygens (including phenoxy) is 2. The van der Waals surface area contributed by atoms with E-state index in [1.165, 1.54) is 6.08 Å². The van der Waals surface area contributed by atoms with Crippen LogP contribution in [0, 0.1) is 0 Å². The second-order valence-corrected chi connectivity index (χ2v) is 18.8. The molecule has 0 spiro atoms. The molecule has 4 aromatic carbocycles. The minimum absolute atomic E-state index is 0.155. The summed E-state index contributed by atoms with van der Waals surface area (Å²) in [4.78, 5) is 74.4. The summed E-state index contributed by atoms with van der Waals surface area (Å²) in [7, 11) is 18.8. The van der Waals surface area contributed by atoms with Gasteiger partial charge in [0.2, 0.25) is 11.1 Å². The van der Waals surface area contributed by atoms with Crippen LogP contribution in [0.1, 0.15) is 22.8 Å². The van der Waals surface area contributed by atoms with Crippen LogP contribution in [0.2, 0.25) is 0 Å². The van der Waals surface area contributed by atoms with Gasteiger partial charge in [0.1, 0.15) is 34.8 Å². The Hall–Kier alpha value is -8.59. The van der Waals surface area contributed by atoms with Crippen LogP contribution in [-0.4, -0.2) is 142 Å². The van der Waals surface area contributed by atoms with Crippen LogP contribution in [0.4, 0.5) is 22.7 Å². The Kier molecular flexibility index (Phi) is 19.7. The number of carbonyl (C=O) groups is 2. The quantitative estimate of drug-likeness (QED) is 0.0535. The van der Waals surface area contributed by atoms with Crippen LogP contribution in [-0.2, 0) is 36.5 Å². The summed E-state index contributed by atoms with van der Waals surface area (Å²) in [6.07, 6.45) is 6.34. The van der Waals surface area contributed by atoms with Crippen molar-refractivity contribution in [2.75, 3.05) is 104 Å². The van der Waals surface area contributed by atoms with E-state index in [1.54, 1.807) is 71.1 Å². The maximum Gasteiger partial charge on any atom is 0.334 e. The van der Waals surface area contributed by atoms with Gasteiger partial charge in [0, 0.05) is 103 Å². The van der Waals surface area contributed by atoms with Gasteiger partial charge in [-0.15, -0.1) is 0 Å². The molecule has 0 saturated heterocycles. The fourth-order valence-electron chi connectivity index (χ4n) is 8.34. The number of amides is 1. The molecule has 404 valence electrons. The highest BCUT2D eigenvalue weighted by Crippen LogP contribution is 2.35.